The topological polar surface area (TPSA) is 71.1 Å². The van der Waals surface area contributed by atoms with Crippen molar-refractivity contribution in [1.82, 2.24) is 20.1 Å². The highest BCUT2D eigenvalue weighted by atomic mass is 19.1. The van der Waals surface area contributed by atoms with Crippen LogP contribution in [0, 0.1) is 25.5 Å². The molecule has 1 saturated heterocycles. The molecule has 122 valence electrons. The molecule has 2 aromatic rings. The Morgan fingerprint density at radius 2 is 2.22 bits per heavy atom. The number of ether oxygens (including phenoxy) is 1. The predicted octanol–water partition coefficient (Wildman–Crippen LogP) is 1.91. The molecule has 1 atom stereocenters. The van der Waals surface area contributed by atoms with E-state index >= 15 is 0 Å². The summed E-state index contributed by atoms with van der Waals surface area (Å²) < 4.78 is 32.4. The first-order valence-corrected chi connectivity index (χ1v) is 7.20. The normalized spacial score (nSPS) is 18.3. The Hall–Kier alpha value is -2.35. The van der Waals surface area contributed by atoms with Crippen LogP contribution in [0.25, 0.3) is 0 Å². The SMILES string of the molecule is Cc1n[nH]c(C)c1[C@@H]1COCCN1C(=O)c1ncc(F)cc1F. The molecule has 1 N–H and O–H groups in total. The minimum absolute atomic E-state index is 0.287. The van der Waals surface area contributed by atoms with E-state index in [2.05, 4.69) is 15.2 Å². The molecule has 1 amide bonds. The molecule has 0 aliphatic carbocycles. The van der Waals surface area contributed by atoms with Crippen molar-refractivity contribution in [2.75, 3.05) is 19.8 Å². The van der Waals surface area contributed by atoms with Crippen molar-refractivity contribution in [1.29, 1.82) is 0 Å². The summed E-state index contributed by atoms with van der Waals surface area (Å²) in [6.45, 7) is 4.61. The highest BCUT2D eigenvalue weighted by Crippen LogP contribution is 2.29. The van der Waals surface area contributed by atoms with Gasteiger partial charge in [-0.3, -0.25) is 9.89 Å². The second-order valence-corrected chi connectivity index (χ2v) is 5.42. The van der Waals surface area contributed by atoms with Crippen LogP contribution in [0.5, 0.6) is 0 Å². The largest absolute Gasteiger partial charge is 0.377 e. The van der Waals surface area contributed by atoms with Gasteiger partial charge in [-0.05, 0) is 13.8 Å². The first-order chi connectivity index (χ1) is 11.0. The fraction of sp³-hybridized carbons (Fsp3) is 0.400. The van der Waals surface area contributed by atoms with Crippen LogP contribution in [0.3, 0.4) is 0 Å². The van der Waals surface area contributed by atoms with Gasteiger partial charge in [-0.2, -0.15) is 5.10 Å². The summed E-state index contributed by atoms with van der Waals surface area (Å²) in [7, 11) is 0. The van der Waals surface area contributed by atoms with Crippen LogP contribution in [0.1, 0.15) is 33.5 Å². The Morgan fingerprint density at radius 3 is 2.87 bits per heavy atom. The highest BCUT2D eigenvalue weighted by molar-refractivity contribution is 5.93. The summed E-state index contributed by atoms with van der Waals surface area (Å²) in [5.41, 5.74) is 2.03. The van der Waals surface area contributed by atoms with E-state index in [0.29, 0.717) is 19.2 Å². The zero-order chi connectivity index (χ0) is 16.6. The number of nitrogens with one attached hydrogen (secondary N) is 1. The molecule has 0 aromatic carbocycles. The molecule has 0 spiro atoms. The highest BCUT2D eigenvalue weighted by Gasteiger charge is 2.34. The smallest absolute Gasteiger partial charge is 0.276 e. The number of carbonyl (C=O) groups excluding carboxylic acids is 1. The second-order valence-electron chi connectivity index (χ2n) is 5.42. The standard InChI is InChI=1S/C15H16F2N4O2/c1-8-13(9(2)20-19-8)12-7-23-4-3-21(12)15(22)14-11(17)5-10(16)6-18-14/h5-6,12H,3-4,7H2,1-2H3,(H,19,20)/t12-/m0/s1. The van der Waals surface area contributed by atoms with Gasteiger partial charge in [-0.15, -0.1) is 0 Å². The third kappa shape index (κ3) is 2.81. The van der Waals surface area contributed by atoms with E-state index in [1.165, 1.54) is 4.90 Å². The Morgan fingerprint density at radius 1 is 1.43 bits per heavy atom. The van der Waals surface area contributed by atoms with Gasteiger partial charge in [0.2, 0.25) is 0 Å². The number of aromatic nitrogens is 3. The van der Waals surface area contributed by atoms with Crippen LogP contribution in [0.15, 0.2) is 12.3 Å². The average molecular weight is 322 g/mol. The molecular formula is C15H16F2N4O2. The van der Waals surface area contributed by atoms with Crippen LogP contribution >= 0.6 is 0 Å². The third-order valence-corrected chi connectivity index (χ3v) is 3.92. The minimum Gasteiger partial charge on any atom is -0.377 e. The molecule has 0 saturated carbocycles. The summed E-state index contributed by atoms with van der Waals surface area (Å²) in [6.07, 6.45) is 0.833. The molecule has 3 heterocycles. The monoisotopic (exact) mass is 322 g/mol. The fourth-order valence-corrected chi connectivity index (χ4v) is 2.84. The van der Waals surface area contributed by atoms with Gasteiger partial charge in [0.25, 0.3) is 5.91 Å². The zero-order valence-electron chi connectivity index (χ0n) is 12.8. The second kappa shape index (κ2) is 6.04. The van der Waals surface area contributed by atoms with Gasteiger partial charge in [0.1, 0.15) is 5.82 Å². The predicted molar refractivity (Wildman–Crippen MR) is 76.8 cm³/mol. The molecule has 8 heteroatoms. The Labute approximate surface area is 131 Å². The van der Waals surface area contributed by atoms with Crippen molar-refractivity contribution in [3.63, 3.8) is 0 Å². The number of halogens is 2. The van der Waals surface area contributed by atoms with Crippen molar-refractivity contribution in [3.8, 4) is 0 Å². The Balaban J connectivity index is 1.97. The molecule has 3 rings (SSSR count). The lowest BCUT2D eigenvalue weighted by atomic mass is 10.0. The maximum atomic E-state index is 13.9. The van der Waals surface area contributed by atoms with Crippen LogP contribution in [-0.2, 0) is 4.74 Å². The van der Waals surface area contributed by atoms with Crippen LogP contribution in [-0.4, -0.2) is 45.7 Å². The zero-order valence-corrected chi connectivity index (χ0v) is 12.8. The van der Waals surface area contributed by atoms with Gasteiger partial charge in [0.15, 0.2) is 11.5 Å². The van der Waals surface area contributed by atoms with Gasteiger partial charge in [0, 0.05) is 23.9 Å². The molecule has 0 radical (unpaired) electrons. The van der Waals surface area contributed by atoms with E-state index in [4.69, 9.17) is 4.74 Å². The Bertz CT molecular complexity index is 728. The van der Waals surface area contributed by atoms with Crippen molar-refractivity contribution in [3.05, 3.63) is 46.5 Å². The molecule has 2 aromatic heterocycles. The number of nitrogens with zero attached hydrogens (tertiary/aromatic N) is 3. The quantitative estimate of drug-likeness (QED) is 0.917. The van der Waals surface area contributed by atoms with Gasteiger partial charge < -0.3 is 9.64 Å². The number of morpholine rings is 1. The lowest BCUT2D eigenvalue weighted by molar-refractivity contribution is -0.00359. The lowest BCUT2D eigenvalue weighted by Gasteiger charge is -2.35. The number of H-pyrrole nitrogens is 1. The van der Waals surface area contributed by atoms with E-state index in [0.717, 1.165) is 23.1 Å². The summed E-state index contributed by atoms with van der Waals surface area (Å²) in [5.74, 6) is -2.38. The lowest BCUT2D eigenvalue weighted by Crippen LogP contribution is -2.44. The van der Waals surface area contributed by atoms with Crippen LogP contribution < -0.4 is 0 Å². The first kappa shape index (κ1) is 15.5. The van der Waals surface area contributed by atoms with Crippen LogP contribution in [0.4, 0.5) is 8.78 Å². The summed E-state index contributed by atoms with van der Waals surface area (Å²) in [4.78, 5) is 17.8. The third-order valence-electron chi connectivity index (χ3n) is 3.92. The first-order valence-electron chi connectivity index (χ1n) is 7.20. The van der Waals surface area contributed by atoms with E-state index in [-0.39, 0.29) is 12.6 Å². The minimum atomic E-state index is -0.971. The van der Waals surface area contributed by atoms with E-state index in [1.54, 1.807) is 0 Å². The van der Waals surface area contributed by atoms with Gasteiger partial charge >= 0.3 is 0 Å². The maximum Gasteiger partial charge on any atom is 0.276 e. The average Bonchev–Trinajstić information content (AvgIpc) is 2.85. The van der Waals surface area contributed by atoms with E-state index in [9.17, 15) is 13.6 Å². The van der Waals surface area contributed by atoms with Gasteiger partial charge in [-0.25, -0.2) is 13.8 Å². The van der Waals surface area contributed by atoms with Crippen molar-refractivity contribution in [2.45, 2.75) is 19.9 Å². The fourth-order valence-electron chi connectivity index (χ4n) is 2.84. The molecule has 23 heavy (non-hydrogen) atoms. The number of carbonyl (C=O) groups is 1. The van der Waals surface area contributed by atoms with Crippen molar-refractivity contribution >= 4 is 5.91 Å². The number of aryl methyl sites for hydroxylation is 2. The molecule has 1 aliphatic heterocycles. The Kier molecular flexibility index (Phi) is 4.08. The van der Waals surface area contributed by atoms with Crippen molar-refractivity contribution in [2.24, 2.45) is 0 Å². The van der Waals surface area contributed by atoms with Gasteiger partial charge in [0.05, 0.1) is 31.1 Å². The summed E-state index contributed by atoms with van der Waals surface area (Å²) >= 11 is 0. The summed E-state index contributed by atoms with van der Waals surface area (Å²) in [5, 5.41) is 7.00. The summed E-state index contributed by atoms with van der Waals surface area (Å²) in [6, 6.07) is 0.269. The number of pyridine rings is 1. The van der Waals surface area contributed by atoms with Crippen LogP contribution in [0.2, 0.25) is 0 Å². The number of rotatable bonds is 2. The number of hydrogen-bond acceptors (Lipinski definition) is 4. The molecule has 6 nitrogen and oxygen atoms in total. The van der Waals surface area contributed by atoms with Crippen molar-refractivity contribution < 1.29 is 18.3 Å². The molecule has 0 bridgehead atoms. The number of hydrogen-bond donors (Lipinski definition) is 1. The van der Waals surface area contributed by atoms with E-state index in [1.807, 2.05) is 13.8 Å². The molecule has 1 aliphatic rings. The molecular weight excluding hydrogens is 306 g/mol. The van der Waals surface area contributed by atoms with E-state index < -0.39 is 23.2 Å². The van der Waals surface area contributed by atoms with Gasteiger partial charge in [-0.1, -0.05) is 0 Å². The molecule has 0 unspecified atom stereocenters. The maximum absolute atomic E-state index is 13.9. The number of aromatic amines is 1. The number of amides is 1. The molecule has 1 fully saturated rings.